The number of rotatable bonds is 26. The van der Waals surface area contributed by atoms with Crippen LogP contribution in [-0.2, 0) is 59.5 Å². The van der Waals surface area contributed by atoms with Gasteiger partial charge in [0.15, 0.2) is 29.3 Å². The maximum Gasteiger partial charge on any atom is 0.416 e. The predicted molar refractivity (Wildman–Crippen MR) is 374 cm³/mol. The van der Waals surface area contributed by atoms with E-state index in [2.05, 4.69) is 22.5 Å². The molecule has 5 atom stereocenters. The van der Waals surface area contributed by atoms with Crippen LogP contribution < -0.4 is 34.6 Å². The van der Waals surface area contributed by atoms with Crippen LogP contribution in [0.15, 0.2) is 128 Å². The van der Waals surface area contributed by atoms with E-state index in [4.69, 9.17) is 18.9 Å². The molecule has 1 spiro atoms. The van der Waals surface area contributed by atoms with Gasteiger partial charge < -0.3 is 49.4 Å². The third-order valence-electron chi connectivity index (χ3n) is 20.2. The SMILES string of the molecule is COc1cc2c(cc1OCCCOc1cc3c(cc1C)C(=O)N1CC4(CC4)C[C@H]1C(O)N3C(=O)OCc1ccc(CC(=O)[C@H](C)NC(=O)[C@@H](CC(=O)CNC(=O)CCC(=O)CCC(=O)N3Cc4ccccc4C#Cc4ccccc43)C(C)C)cc1)CC[C@@H]1CC(c3ccc(F)cc3)=CN1C2=O. The lowest BCUT2D eigenvalue weighted by molar-refractivity contribution is -0.133. The number of aliphatic hydroxyl groups excluding tert-OH is 1. The quantitative estimate of drug-likeness (QED) is 0.0338. The van der Waals surface area contributed by atoms with E-state index in [-0.39, 0.29) is 129 Å². The number of carbonyl (C=O) groups is 9. The molecule has 6 aromatic rings. The molecule has 1 aliphatic carbocycles. The van der Waals surface area contributed by atoms with Crippen molar-refractivity contribution in [2.24, 2.45) is 17.3 Å². The van der Waals surface area contributed by atoms with Gasteiger partial charge in [-0.2, -0.15) is 0 Å². The van der Waals surface area contributed by atoms with E-state index in [0.717, 1.165) is 52.0 Å². The number of nitrogens with one attached hydrogen (secondary N) is 2. The smallest absolute Gasteiger partial charge is 0.416 e. The lowest BCUT2D eigenvalue weighted by atomic mass is 9.89. The topological polar surface area (TPSA) is 248 Å². The normalized spacial score (nSPS) is 18.1. The van der Waals surface area contributed by atoms with Crippen molar-refractivity contribution in [3.8, 4) is 29.1 Å². The number of ether oxygens (including phenoxy) is 4. The van der Waals surface area contributed by atoms with Crippen LogP contribution in [-0.4, -0.2) is 126 Å². The first kappa shape index (κ1) is 70.4. The molecule has 6 amide bonds. The number of aryl methyl sites for hydroxylation is 2. The number of anilines is 2. The zero-order valence-corrected chi connectivity index (χ0v) is 57.4. The summed E-state index contributed by atoms with van der Waals surface area (Å²) in [6.07, 6.45) is 3.62. The summed E-state index contributed by atoms with van der Waals surface area (Å²) in [4.78, 5) is 129. The van der Waals surface area contributed by atoms with Crippen LogP contribution in [0.4, 0.5) is 20.6 Å². The zero-order valence-electron chi connectivity index (χ0n) is 57.4. The fourth-order valence-corrected chi connectivity index (χ4v) is 14.1. The van der Waals surface area contributed by atoms with Crippen molar-refractivity contribution in [3.05, 3.63) is 189 Å². The van der Waals surface area contributed by atoms with Crippen molar-refractivity contribution in [2.45, 2.75) is 149 Å². The highest BCUT2D eigenvalue weighted by atomic mass is 19.1. The Hall–Kier alpha value is -10.5. The molecular formula is C80H83FN6O14. The van der Waals surface area contributed by atoms with Crippen molar-refractivity contribution in [1.29, 1.82) is 0 Å². The van der Waals surface area contributed by atoms with Crippen molar-refractivity contribution >= 4 is 69.9 Å². The third-order valence-corrected chi connectivity index (χ3v) is 20.2. The van der Waals surface area contributed by atoms with Gasteiger partial charge in [-0.1, -0.05) is 92.4 Å². The van der Waals surface area contributed by atoms with Crippen molar-refractivity contribution in [2.75, 3.05) is 43.2 Å². The number of methoxy groups -OCH3 is 1. The van der Waals surface area contributed by atoms with Crippen LogP contribution in [0.2, 0.25) is 0 Å². The van der Waals surface area contributed by atoms with Gasteiger partial charge in [0.1, 0.15) is 24.0 Å². The Morgan fingerprint density at radius 1 is 0.743 bits per heavy atom. The number of fused-ring (bicyclic) bond motifs is 6. The first-order valence-electron chi connectivity index (χ1n) is 34.7. The number of benzene rings is 6. The van der Waals surface area contributed by atoms with Gasteiger partial charge in [-0.25, -0.2) is 14.1 Å². The lowest BCUT2D eigenvalue weighted by Gasteiger charge is -2.31. The molecular weight excluding hydrogens is 1290 g/mol. The fourth-order valence-electron chi connectivity index (χ4n) is 14.1. The van der Waals surface area contributed by atoms with E-state index in [0.29, 0.717) is 89.5 Å². The molecule has 6 aliphatic rings. The molecule has 1 unspecified atom stereocenters. The molecule has 20 nitrogen and oxygen atoms in total. The Kier molecular flexibility index (Phi) is 21.3. The molecule has 6 aromatic carbocycles. The molecule has 21 heteroatoms. The predicted octanol–water partition coefficient (Wildman–Crippen LogP) is 10.7. The average molecular weight is 1370 g/mol. The molecule has 5 aliphatic heterocycles. The summed E-state index contributed by atoms with van der Waals surface area (Å²) >= 11 is 0. The minimum atomic E-state index is -1.45. The number of hydrogen-bond acceptors (Lipinski definition) is 14. The Morgan fingerprint density at radius 3 is 2.19 bits per heavy atom. The Balaban J connectivity index is 0.599. The van der Waals surface area contributed by atoms with E-state index >= 15 is 0 Å². The Labute approximate surface area is 586 Å². The maximum atomic E-state index is 14.4. The summed E-state index contributed by atoms with van der Waals surface area (Å²) in [5.41, 5.74) is 8.38. The summed E-state index contributed by atoms with van der Waals surface area (Å²) < 4.78 is 37.9. The third kappa shape index (κ3) is 16.1. The van der Waals surface area contributed by atoms with Crippen molar-refractivity contribution in [3.63, 3.8) is 0 Å². The van der Waals surface area contributed by atoms with Crippen molar-refractivity contribution < 1.29 is 71.6 Å². The highest BCUT2D eigenvalue weighted by Crippen LogP contribution is 2.57. The molecule has 1 saturated heterocycles. The standard InChI is InChI=1S/C80H83FN6O14/c1-48(2)63(39-62(89)43-82-73(91)29-27-61(88)28-30-74(92)85-44-57-13-7-6-11-53(57)19-20-55-12-8-9-14-66(55)85)75(93)83-50(4)69(90)36-51-15-17-52(18-16-51)46-101-79(97)87-67-41-70(49(3)35-65(67)77(95)86-47-80(31-32-80)42-68(86)78(87)96)99-33-10-34-100-72-38-56-23-26-60-37-58(54-21-24-59(81)25-22-54)45-84(60)76(94)64(56)40-71(72)98-5/h6-9,11-18,21-22,24-25,35,38,40-41,45,48,50,60,63,68,78,96H,10,23,26-34,36-37,39,42-44,46-47H2,1-5H3,(H,82,91)(H,83,93)/t50-,60+,63-,68-,78?/m0/s1. The number of para-hydroxylation sites is 1. The maximum absolute atomic E-state index is 14.4. The summed E-state index contributed by atoms with van der Waals surface area (Å²) in [6.45, 7) is 7.52. The molecule has 5 heterocycles. The zero-order chi connectivity index (χ0) is 71.2. The van der Waals surface area contributed by atoms with Gasteiger partial charge in [0.2, 0.25) is 17.7 Å². The second-order valence-corrected chi connectivity index (χ2v) is 27.7. The number of carbonyl (C=O) groups excluding carboxylic acids is 9. The van der Waals surface area contributed by atoms with E-state index in [1.54, 1.807) is 90.1 Å². The van der Waals surface area contributed by atoms with E-state index < -0.39 is 47.9 Å². The van der Waals surface area contributed by atoms with E-state index in [9.17, 15) is 52.6 Å². The second-order valence-electron chi connectivity index (χ2n) is 27.7. The number of aliphatic hydroxyl groups is 1. The summed E-state index contributed by atoms with van der Waals surface area (Å²) in [7, 11) is 1.52. The Bertz CT molecular complexity index is 4340. The number of hydrogen-bond donors (Lipinski definition) is 3. The highest BCUT2D eigenvalue weighted by molar-refractivity contribution is 6.06. The van der Waals surface area contributed by atoms with Crippen LogP contribution >= 0.6 is 0 Å². The van der Waals surface area contributed by atoms with E-state index in [1.165, 1.54) is 19.2 Å². The molecule has 0 aromatic heterocycles. The van der Waals surface area contributed by atoms with Gasteiger partial charge in [-0.15, -0.1) is 0 Å². The first-order valence-corrected chi connectivity index (χ1v) is 34.7. The molecule has 0 radical (unpaired) electrons. The Morgan fingerprint density at radius 2 is 1.45 bits per heavy atom. The van der Waals surface area contributed by atoms with Crippen LogP contribution in [0.25, 0.3) is 5.57 Å². The number of nitrogens with zero attached hydrogens (tertiary/aromatic N) is 4. The fraction of sp³-hybridized carbons (Fsp3) is 0.388. The van der Waals surface area contributed by atoms with Gasteiger partial charge in [0.05, 0.1) is 62.4 Å². The van der Waals surface area contributed by atoms with Gasteiger partial charge >= 0.3 is 6.09 Å². The number of amides is 6. The summed E-state index contributed by atoms with van der Waals surface area (Å²) in [5, 5.41) is 17.5. The number of halogens is 1. The monoisotopic (exact) mass is 1370 g/mol. The molecule has 3 N–H and O–H groups in total. The second kappa shape index (κ2) is 30.6. The van der Waals surface area contributed by atoms with Gasteiger partial charge in [0.25, 0.3) is 11.8 Å². The summed E-state index contributed by atoms with van der Waals surface area (Å²) in [6, 6.07) is 33.3. The van der Waals surface area contributed by atoms with Crippen LogP contribution in [0.1, 0.15) is 157 Å². The van der Waals surface area contributed by atoms with Crippen molar-refractivity contribution in [1.82, 2.24) is 20.4 Å². The highest BCUT2D eigenvalue weighted by Gasteiger charge is 2.58. The minimum absolute atomic E-state index is 0.0442. The number of ketones is 3. The molecule has 12 rings (SSSR count). The van der Waals surface area contributed by atoms with Crippen LogP contribution in [0.5, 0.6) is 17.2 Å². The number of Topliss-reactive ketones (excluding diaryl/α,β-unsaturated/α-hetero) is 3. The molecule has 101 heavy (non-hydrogen) atoms. The average Bonchev–Trinajstić information content (AvgIpc) is 1.57. The lowest BCUT2D eigenvalue weighted by Crippen LogP contribution is -2.50. The summed E-state index contributed by atoms with van der Waals surface area (Å²) in [5.74, 6) is 3.49. The first-order chi connectivity index (χ1) is 48.6. The van der Waals surface area contributed by atoms with Gasteiger partial charge in [0, 0.05) is 92.4 Å². The molecule has 2 fully saturated rings. The minimum Gasteiger partial charge on any atom is -0.493 e. The van der Waals surface area contributed by atoms with Gasteiger partial charge in [-0.3, -0.25) is 38.4 Å². The molecule has 0 bridgehead atoms. The van der Waals surface area contributed by atoms with E-state index in [1.807, 2.05) is 67.7 Å². The van der Waals surface area contributed by atoms with Gasteiger partial charge in [-0.05, 0) is 151 Å². The molecule has 524 valence electrons. The van der Waals surface area contributed by atoms with Crippen LogP contribution in [0, 0.1) is 41.8 Å². The largest absolute Gasteiger partial charge is 0.493 e. The van der Waals surface area contributed by atoms with Crippen LogP contribution in [0.3, 0.4) is 0 Å². The molecule has 1 saturated carbocycles.